The summed E-state index contributed by atoms with van der Waals surface area (Å²) >= 11 is 5.43. The molecule has 0 heterocycles. The number of hydrogen-bond acceptors (Lipinski definition) is 9. The number of aliphatic carboxylic acids is 1. The largest absolute Gasteiger partial charge is 0.481 e. The molecule has 12 nitrogen and oxygen atoms in total. The molecule has 0 unspecified atom stereocenters. The minimum Gasteiger partial charge on any atom is -0.481 e. The van der Waals surface area contributed by atoms with Crippen molar-refractivity contribution in [3.05, 3.63) is 70.8 Å². The van der Waals surface area contributed by atoms with Gasteiger partial charge in [0.25, 0.3) is 0 Å². The quantitative estimate of drug-likeness (QED) is 0.0223. The van der Waals surface area contributed by atoms with Gasteiger partial charge in [0, 0.05) is 38.5 Å². The fourth-order valence-electron chi connectivity index (χ4n) is 11.1. The number of halogens is 1. The van der Waals surface area contributed by atoms with E-state index in [4.69, 9.17) is 43.8 Å². The van der Waals surface area contributed by atoms with Crippen LogP contribution in [0, 0.1) is 24.7 Å². The number of Topliss-reactive ketones (excluding diaryl/α,β-unsaturated/α-hetero) is 2. The van der Waals surface area contributed by atoms with Crippen molar-refractivity contribution in [3.63, 3.8) is 0 Å². The molecule has 2 aromatic rings. The molecule has 0 radical (unpaired) electrons. The van der Waals surface area contributed by atoms with Gasteiger partial charge in [0.05, 0.1) is 25.2 Å². The van der Waals surface area contributed by atoms with Gasteiger partial charge in [0.15, 0.2) is 6.07 Å². The van der Waals surface area contributed by atoms with E-state index >= 15 is 0 Å². The normalized spacial score (nSPS) is 13.6. The summed E-state index contributed by atoms with van der Waals surface area (Å²) in [5.41, 5.74) is 4.71. The van der Waals surface area contributed by atoms with Crippen LogP contribution in [0.4, 0.5) is 9.59 Å². The Bertz CT molecular complexity index is 2170. The Labute approximate surface area is 507 Å². The van der Waals surface area contributed by atoms with Gasteiger partial charge >= 0.3 is 24.1 Å². The van der Waals surface area contributed by atoms with Crippen molar-refractivity contribution in [2.45, 2.75) is 283 Å². The monoisotopic (exact) mass is 1170 g/mol. The number of carbonyl (C=O) groups excluding carboxylic acids is 5. The number of carbonyl (C=O) groups is 6. The molecule has 0 fully saturated rings. The van der Waals surface area contributed by atoms with Crippen LogP contribution in [-0.2, 0) is 46.2 Å². The van der Waals surface area contributed by atoms with Crippen LogP contribution in [0.15, 0.2) is 48.5 Å². The van der Waals surface area contributed by atoms with E-state index in [1.54, 1.807) is 4.90 Å². The number of benzene rings is 2. The minimum atomic E-state index is -0.765. The van der Waals surface area contributed by atoms with Gasteiger partial charge in [0.2, 0.25) is 6.79 Å². The summed E-state index contributed by atoms with van der Waals surface area (Å²) in [7, 11) is 0. The van der Waals surface area contributed by atoms with Crippen molar-refractivity contribution in [2.24, 2.45) is 0 Å². The molecule has 0 spiro atoms. The molecule has 464 valence electrons. The number of nitrogens with zero attached hydrogens (tertiary/aromatic N) is 2. The topological polar surface area (TPSA) is 157 Å². The van der Waals surface area contributed by atoms with Crippen LogP contribution in [0.5, 0.6) is 0 Å². The average molecular weight is 1170 g/mol. The van der Waals surface area contributed by atoms with Crippen LogP contribution in [0.1, 0.15) is 292 Å². The Balaban J connectivity index is 0.000000471. The van der Waals surface area contributed by atoms with Crippen molar-refractivity contribution < 1.29 is 48.1 Å². The number of hydrogen-bond donors (Lipinski definition) is 1. The molecule has 4 rings (SSSR count). The van der Waals surface area contributed by atoms with Crippen LogP contribution in [0.2, 0.25) is 0 Å². The molecular weight excluding hydrogens is 1060 g/mol. The highest BCUT2D eigenvalue weighted by Crippen LogP contribution is 2.37. The standard InChI is InChI=1S/C35H53NO5.C21H40O3.C14H14ClNO2/c1-3-5-6-7-8-9-10-11-12-13-14-15-16-22-31(37)23-18-20-25-34(38)40-29-41-35(39)36(28-4-2)33-27-26-30-21-17-19-24-32(30)33;1-2-3-4-5-6-7-8-9-10-11-12-13-14-17-20(22)18-15-16-19-21(23)24;1-2-9-16(14(17)18-10-15)13-8-7-11-5-3-4-6-12(11)13/h2,17,19,21,24,33H,3,5-16,18,20,22-23,25-29H2,1H3;2-19H2,1H3,(H,23,24);1,3-6,13H,7-10H2/t33-;;13-/m1.1/s1. The first-order valence-electron chi connectivity index (χ1n) is 32.4. The summed E-state index contributed by atoms with van der Waals surface area (Å²) in [5.74, 6) is 4.41. The Kier molecular flexibility index (Phi) is 44.5. The summed E-state index contributed by atoms with van der Waals surface area (Å²) in [6.45, 7) is 4.44. The maximum absolute atomic E-state index is 12.7. The summed E-state index contributed by atoms with van der Waals surface area (Å²) in [5, 5.41) is 8.53. The van der Waals surface area contributed by atoms with Crippen LogP contribution in [0.3, 0.4) is 0 Å². The molecule has 0 aliphatic heterocycles. The average Bonchev–Trinajstić information content (AvgIpc) is 4.36. The third kappa shape index (κ3) is 35.5. The first kappa shape index (κ1) is 73.8. The summed E-state index contributed by atoms with van der Waals surface area (Å²) in [6, 6.07) is 15.8. The van der Waals surface area contributed by atoms with Crippen LogP contribution < -0.4 is 0 Å². The van der Waals surface area contributed by atoms with E-state index in [-0.39, 0.29) is 49.9 Å². The highest BCUT2D eigenvalue weighted by molar-refractivity contribution is 6.17. The first-order chi connectivity index (χ1) is 40.5. The summed E-state index contributed by atoms with van der Waals surface area (Å²) in [4.78, 5) is 73.8. The molecule has 0 saturated heterocycles. The van der Waals surface area contributed by atoms with Gasteiger partial charge in [-0.3, -0.25) is 29.0 Å². The third-order valence-corrected chi connectivity index (χ3v) is 15.9. The number of ketones is 2. The Morgan fingerprint density at radius 2 is 0.795 bits per heavy atom. The molecule has 0 aromatic heterocycles. The molecule has 2 aliphatic carbocycles. The third-order valence-electron chi connectivity index (χ3n) is 15.8. The van der Waals surface area contributed by atoms with Crippen molar-refractivity contribution in [3.8, 4) is 24.7 Å². The van der Waals surface area contributed by atoms with Crippen LogP contribution in [0.25, 0.3) is 0 Å². The Morgan fingerprint density at radius 1 is 0.470 bits per heavy atom. The van der Waals surface area contributed by atoms with E-state index in [0.29, 0.717) is 50.7 Å². The van der Waals surface area contributed by atoms with Gasteiger partial charge in [-0.05, 0) is 86.5 Å². The van der Waals surface area contributed by atoms with Crippen molar-refractivity contribution >= 4 is 47.3 Å². The summed E-state index contributed by atoms with van der Waals surface area (Å²) in [6.07, 6.45) is 52.7. The fraction of sp³-hybridized carbons (Fsp3) is 0.686. The predicted molar refractivity (Wildman–Crippen MR) is 336 cm³/mol. The number of rotatable bonds is 45. The number of unbranched alkanes of at least 4 members (excludes halogenated alkanes) is 26. The van der Waals surface area contributed by atoms with Gasteiger partial charge in [-0.2, -0.15) is 0 Å². The lowest BCUT2D eigenvalue weighted by atomic mass is 10.0. The van der Waals surface area contributed by atoms with Crippen LogP contribution in [-0.4, -0.2) is 76.5 Å². The zero-order valence-corrected chi connectivity index (χ0v) is 52.2. The number of alkyl halides is 1. The maximum Gasteiger partial charge on any atom is 0.413 e. The molecule has 0 saturated carbocycles. The Morgan fingerprint density at radius 3 is 1.16 bits per heavy atom. The zero-order valence-electron chi connectivity index (χ0n) is 51.4. The predicted octanol–water partition coefficient (Wildman–Crippen LogP) is 18.5. The molecule has 2 aliphatic rings. The second-order valence-electron chi connectivity index (χ2n) is 22.6. The van der Waals surface area contributed by atoms with Gasteiger partial charge in [0.1, 0.15) is 11.6 Å². The highest BCUT2D eigenvalue weighted by atomic mass is 35.5. The van der Waals surface area contributed by atoms with E-state index in [1.165, 1.54) is 157 Å². The van der Waals surface area contributed by atoms with E-state index in [0.717, 1.165) is 68.9 Å². The lowest BCUT2D eigenvalue weighted by Crippen LogP contribution is -2.35. The number of ether oxygens (including phenoxy) is 3. The van der Waals surface area contributed by atoms with Crippen LogP contribution >= 0.6 is 11.6 Å². The number of carboxylic acids is 1. The van der Waals surface area contributed by atoms with E-state index < -0.39 is 30.9 Å². The van der Waals surface area contributed by atoms with Gasteiger partial charge < -0.3 is 19.3 Å². The SMILES string of the molecule is C#CCN(C(=O)OCCl)[C@@H]1CCc2ccccc21.C#CCN(C(=O)OCOC(=O)CCCCC(=O)CCCCCCCCCCCCCCC)[C@@H]1CCc2ccccc21.CCCCCCCCCCCCCCCC(=O)CCCCC(=O)O. The molecular formula is C70H107ClN2O10. The number of esters is 1. The van der Waals surface area contributed by atoms with Crippen molar-refractivity contribution in [1.29, 1.82) is 0 Å². The van der Waals surface area contributed by atoms with E-state index in [2.05, 4.69) is 37.8 Å². The second-order valence-corrected chi connectivity index (χ2v) is 22.8. The van der Waals surface area contributed by atoms with Crippen molar-refractivity contribution in [2.75, 3.05) is 25.9 Å². The fourth-order valence-corrected chi connectivity index (χ4v) is 11.2. The molecule has 13 heteroatoms. The van der Waals surface area contributed by atoms with Gasteiger partial charge in [-0.25, -0.2) is 9.59 Å². The van der Waals surface area contributed by atoms with Gasteiger partial charge in [-0.15, -0.1) is 12.8 Å². The lowest BCUT2D eigenvalue weighted by Gasteiger charge is -2.27. The second kappa shape index (κ2) is 50.0. The van der Waals surface area contributed by atoms with E-state index in [9.17, 15) is 28.8 Å². The number of amides is 2. The molecule has 1 N–H and O–H groups in total. The highest BCUT2D eigenvalue weighted by Gasteiger charge is 2.32. The zero-order chi connectivity index (χ0) is 60.4. The molecule has 2 amide bonds. The maximum atomic E-state index is 12.7. The Hall–Kier alpha value is -5.33. The smallest absolute Gasteiger partial charge is 0.413 e. The molecule has 0 bridgehead atoms. The molecule has 83 heavy (non-hydrogen) atoms. The number of fused-ring (bicyclic) bond motifs is 2. The molecule has 2 atom stereocenters. The number of aryl methyl sites for hydroxylation is 2. The first-order valence-corrected chi connectivity index (χ1v) is 32.9. The molecule has 2 aromatic carbocycles. The van der Waals surface area contributed by atoms with E-state index in [1.807, 2.05) is 36.4 Å². The summed E-state index contributed by atoms with van der Waals surface area (Å²) < 4.78 is 15.1. The minimum absolute atomic E-state index is 0.00651. The van der Waals surface area contributed by atoms with Crippen molar-refractivity contribution in [1.82, 2.24) is 9.80 Å². The number of terminal acetylenes is 2. The lowest BCUT2D eigenvalue weighted by molar-refractivity contribution is -0.152. The van der Waals surface area contributed by atoms with Gasteiger partial charge in [-0.1, -0.05) is 240 Å². The number of carboxylic acid groups (broad SMARTS) is 1.